The molecule has 3 nitrogen and oxygen atoms in total. The number of hydrogen-bond donors (Lipinski definition) is 0. The maximum absolute atomic E-state index is 5.46. The third-order valence-corrected chi connectivity index (χ3v) is 12.6. The minimum atomic E-state index is -0.801. The third kappa shape index (κ3) is 6.99. The van der Waals surface area contributed by atoms with Crippen LogP contribution in [0.4, 0.5) is 0 Å². The van der Waals surface area contributed by atoms with Crippen LogP contribution in [-0.2, 0) is 0 Å². The summed E-state index contributed by atoms with van der Waals surface area (Å²) >= 11 is 0. The summed E-state index contributed by atoms with van der Waals surface area (Å²) in [5, 5.41) is 9.54. The molecule has 2 heterocycles. The maximum atomic E-state index is 5.46. The Morgan fingerprint density at radius 2 is 0.825 bits per heavy atom. The summed E-state index contributed by atoms with van der Waals surface area (Å²) in [5.74, 6) is 0.683. The zero-order chi connectivity index (χ0) is 38.6. The first-order valence-electron chi connectivity index (χ1n) is 19.5. The second-order valence-electron chi connectivity index (χ2n) is 13.6. The number of benzene rings is 8. The lowest BCUT2D eigenvalue weighted by Gasteiger charge is -2.20. The monoisotopic (exact) mass is 749 g/mol. The molecule has 0 bridgehead atoms. The molecule has 57 heavy (non-hydrogen) atoms. The largest absolute Gasteiger partial charge is 0.247 e. The van der Waals surface area contributed by atoms with Gasteiger partial charge in [0.15, 0.2) is 5.82 Å². The van der Waals surface area contributed by atoms with Crippen LogP contribution in [0.1, 0.15) is 13.8 Å². The van der Waals surface area contributed by atoms with Gasteiger partial charge in [-0.05, 0) is 58.9 Å². The fraction of sp³-hybridized carbons (Fsp3) is 0.0377. The van der Waals surface area contributed by atoms with Crippen molar-refractivity contribution in [2.24, 2.45) is 0 Å². The first-order chi connectivity index (χ1) is 28.3. The number of aromatic nitrogens is 3. The molecule has 4 heteroatoms. The molecule has 272 valence electrons. The van der Waals surface area contributed by atoms with E-state index in [4.69, 9.17) is 15.0 Å². The van der Waals surface area contributed by atoms with Crippen molar-refractivity contribution in [2.45, 2.75) is 13.8 Å². The average molecular weight is 750 g/mol. The van der Waals surface area contributed by atoms with E-state index in [0.29, 0.717) is 5.82 Å². The number of hydrogen-bond acceptors (Lipinski definition) is 3. The highest BCUT2D eigenvalue weighted by atomic mass is 31.1. The molecule has 0 N–H and O–H groups in total. The number of nitrogens with zero attached hydrogens (tertiary/aromatic N) is 3. The molecule has 0 unspecified atom stereocenters. The van der Waals surface area contributed by atoms with Crippen molar-refractivity contribution in [2.75, 3.05) is 0 Å². The van der Waals surface area contributed by atoms with Crippen molar-refractivity contribution in [3.63, 3.8) is 0 Å². The second kappa shape index (κ2) is 16.1. The second-order valence-corrected chi connectivity index (χ2v) is 15.8. The van der Waals surface area contributed by atoms with Gasteiger partial charge in [0.25, 0.3) is 0 Å². The van der Waals surface area contributed by atoms with Crippen LogP contribution in [0.2, 0.25) is 0 Å². The first kappa shape index (κ1) is 35.9. The fourth-order valence-electron chi connectivity index (χ4n) is 7.70. The van der Waals surface area contributed by atoms with E-state index in [0.717, 1.165) is 66.4 Å². The van der Waals surface area contributed by atoms with Gasteiger partial charge in [-0.25, -0.2) is 15.0 Å². The predicted octanol–water partition coefficient (Wildman–Crippen LogP) is 12.8. The lowest BCUT2D eigenvalue weighted by Crippen LogP contribution is -2.20. The molecule has 0 fully saturated rings. The van der Waals surface area contributed by atoms with E-state index in [1.807, 2.05) is 26.0 Å². The Labute approximate surface area is 335 Å². The number of pyridine rings is 1. The Balaban J connectivity index is 0.00000208. The number of fused-ring (bicyclic) bond motifs is 5. The van der Waals surface area contributed by atoms with Gasteiger partial charge in [-0.15, -0.1) is 0 Å². The van der Waals surface area contributed by atoms with Gasteiger partial charge in [0.2, 0.25) is 0 Å². The van der Waals surface area contributed by atoms with Crippen molar-refractivity contribution in [3.05, 3.63) is 206 Å². The van der Waals surface area contributed by atoms with Crippen LogP contribution in [-0.4, -0.2) is 15.0 Å². The molecule has 0 amide bonds. The smallest absolute Gasteiger partial charge is 0.161 e. The van der Waals surface area contributed by atoms with Crippen molar-refractivity contribution in [1.29, 1.82) is 0 Å². The normalized spacial score (nSPS) is 11.1. The summed E-state index contributed by atoms with van der Waals surface area (Å²) in [4.78, 5) is 16.1. The zero-order valence-corrected chi connectivity index (χ0v) is 32.8. The summed E-state index contributed by atoms with van der Waals surface area (Å²) in [6.45, 7) is 4.00. The lowest BCUT2D eigenvalue weighted by atomic mass is 9.92. The zero-order valence-electron chi connectivity index (χ0n) is 31.9. The Morgan fingerprint density at radius 1 is 0.351 bits per heavy atom. The van der Waals surface area contributed by atoms with Crippen LogP contribution < -0.4 is 15.9 Å². The van der Waals surface area contributed by atoms with Gasteiger partial charge in [-0.1, -0.05) is 196 Å². The van der Waals surface area contributed by atoms with E-state index in [9.17, 15) is 0 Å². The van der Waals surface area contributed by atoms with Crippen LogP contribution >= 0.6 is 7.92 Å². The number of para-hydroxylation sites is 1. The van der Waals surface area contributed by atoms with Gasteiger partial charge in [-0.2, -0.15) is 0 Å². The van der Waals surface area contributed by atoms with Crippen molar-refractivity contribution in [1.82, 2.24) is 15.0 Å². The van der Waals surface area contributed by atoms with E-state index >= 15 is 0 Å². The molecule has 10 rings (SSSR count). The summed E-state index contributed by atoms with van der Waals surface area (Å²) in [6, 6.07) is 73.1. The van der Waals surface area contributed by atoms with Crippen molar-refractivity contribution >= 4 is 56.3 Å². The summed E-state index contributed by atoms with van der Waals surface area (Å²) in [6.07, 6.45) is 0. The SMILES string of the molecule is CC.c1ccc(-c2cc(-c3ccccc3)nc(-c3cc4c(-c5cccc(P(c6ccccc6)c6ccccc6)c5)nc5ccccc5c4c4ccccc34)n2)cc1. The van der Waals surface area contributed by atoms with E-state index in [1.54, 1.807) is 0 Å². The van der Waals surface area contributed by atoms with Gasteiger partial charge in [0.1, 0.15) is 0 Å². The van der Waals surface area contributed by atoms with Gasteiger partial charge in [0.05, 0.1) is 22.6 Å². The van der Waals surface area contributed by atoms with Crippen molar-refractivity contribution < 1.29 is 0 Å². The van der Waals surface area contributed by atoms with Crippen LogP contribution in [0.5, 0.6) is 0 Å². The quantitative estimate of drug-likeness (QED) is 0.120. The van der Waals surface area contributed by atoms with E-state index in [2.05, 4.69) is 194 Å². The van der Waals surface area contributed by atoms with Gasteiger partial charge in [-0.3, -0.25) is 0 Å². The number of rotatable bonds is 7. The summed E-state index contributed by atoms with van der Waals surface area (Å²) in [7, 11) is -0.801. The molecule has 0 spiro atoms. The molecule has 0 saturated heterocycles. The Morgan fingerprint density at radius 3 is 1.42 bits per heavy atom. The average Bonchev–Trinajstić information content (AvgIpc) is 3.30. The molecule has 0 atom stereocenters. The molecule has 0 radical (unpaired) electrons. The van der Waals surface area contributed by atoms with E-state index in [1.165, 1.54) is 21.3 Å². The molecule has 10 aromatic rings. The standard InChI is InChI=1S/C51H34N3P.C2H6/c1-5-18-35(19-6-1)47-34-48(36-20-7-2-8-21-36)54-51(53-47)44-33-45-49(42-29-14-13-28-41(42)44)43-30-15-16-31-46(43)52-50(45)37-22-17-27-40(32-37)55(38-23-9-3-10-24-38)39-25-11-4-12-26-39;1-2/h1-34H;1-2H3. The molecule has 0 aliphatic rings. The minimum absolute atomic E-state index is 0.683. The van der Waals surface area contributed by atoms with E-state index < -0.39 is 7.92 Å². The van der Waals surface area contributed by atoms with Crippen molar-refractivity contribution in [3.8, 4) is 45.2 Å². The Kier molecular flexibility index (Phi) is 10.1. The Hall–Kier alpha value is -6.80. The topological polar surface area (TPSA) is 38.7 Å². The van der Waals surface area contributed by atoms with Crippen LogP contribution in [0.25, 0.3) is 77.6 Å². The fourth-order valence-corrected chi connectivity index (χ4v) is 10.0. The maximum Gasteiger partial charge on any atom is 0.161 e. The van der Waals surface area contributed by atoms with Gasteiger partial charge in [0, 0.05) is 38.4 Å². The molecule has 0 aliphatic carbocycles. The van der Waals surface area contributed by atoms with Gasteiger partial charge < -0.3 is 0 Å². The van der Waals surface area contributed by atoms with Crippen LogP contribution in [0, 0.1) is 0 Å². The molecule has 0 saturated carbocycles. The lowest BCUT2D eigenvalue weighted by molar-refractivity contribution is 1.19. The summed E-state index contributed by atoms with van der Waals surface area (Å²) in [5.41, 5.74) is 7.83. The third-order valence-electron chi connectivity index (χ3n) is 10.2. The van der Waals surface area contributed by atoms with Crippen LogP contribution in [0.3, 0.4) is 0 Å². The Bertz CT molecular complexity index is 2870. The first-order valence-corrected chi connectivity index (χ1v) is 20.9. The molecular weight excluding hydrogens is 710 g/mol. The molecule has 2 aromatic heterocycles. The molecular formula is C53H40N3P. The minimum Gasteiger partial charge on any atom is -0.247 e. The van der Waals surface area contributed by atoms with E-state index in [-0.39, 0.29) is 0 Å². The molecule has 8 aromatic carbocycles. The predicted molar refractivity (Wildman–Crippen MR) is 244 cm³/mol. The molecule has 0 aliphatic heterocycles. The summed E-state index contributed by atoms with van der Waals surface area (Å²) < 4.78 is 0. The van der Waals surface area contributed by atoms with Crippen LogP contribution in [0.15, 0.2) is 206 Å². The van der Waals surface area contributed by atoms with Gasteiger partial charge >= 0.3 is 0 Å². The highest BCUT2D eigenvalue weighted by molar-refractivity contribution is 7.79. The highest BCUT2D eigenvalue weighted by Gasteiger charge is 2.21. The highest BCUT2D eigenvalue weighted by Crippen LogP contribution is 2.42.